The lowest BCUT2D eigenvalue weighted by Gasteiger charge is -2.30. The molecule has 1 atom stereocenters. The summed E-state index contributed by atoms with van der Waals surface area (Å²) in [6.45, 7) is 1.42. The lowest BCUT2D eigenvalue weighted by molar-refractivity contribution is -0.147. The van der Waals surface area contributed by atoms with Gasteiger partial charge < -0.3 is 4.90 Å². The summed E-state index contributed by atoms with van der Waals surface area (Å²) < 4.78 is 0. The third-order valence-electron chi connectivity index (χ3n) is 3.07. The number of hydrogen-bond acceptors (Lipinski definition) is 3. The van der Waals surface area contributed by atoms with Gasteiger partial charge in [0.1, 0.15) is 12.6 Å². The lowest BCUT2D eigenvalue weighted by atomic mass is 10.1. The minimum absolute atomic E-state index is 0.141. The van der Waals surface area contributed by atoms with E-state index in [1.165, 1.54) is 11.0 Å². The van der Waals surface area contributed by atoms with Crippen molar-refractivity contribution in [3.05, 3.63) is 39.9 Å². The molecule has 1 N–H and O–H groups in total. The molecule has 110 valence electrons. The normalized spacial score (nSPS) is 19.0. The quantitative estimate of drug-likeness (QED) is 0.666. The molecule has 0 aromatic heterocycles. The summed E-state index contributed by atoms with van der Waals surface area (Å²) >= 11 is 11.7. The second-order valence-corrected chi connectivity index (χ2v) is 5.38. The molecule has 7 heteroatoms. The Labute approximate surface area is 131 Å². The first-order chi connectivity index (χ1) is 9.88. The number of piperazine rings is 1. The maximum absolute atomic E-state index is 12.1. The molecule has 2 rings (SSSR count). The summed E-state index contributed by atoms with van der Waals surface area (Å²) in [6.07, 6.45) is 2.84. The van der Waals surface area contributed by atoms with Crippen LogP contribution in [0.5, 0.6) is 0 Å². The Morgan fingerprint density at radius 3 is 2.71 bits per heavy atom. The van der Waals surface area contributed by atoms with E-state index in [9.17, 15) is 14.4 Å². The summed E-state index contributed by atoms with van der Waals surface area (Å²) in [6, 6.07) is 4.25. The second-order valence-electron chi connectivity index (χ2n) is 4.56. The molecule has 1 aromatic rings. The number of hydrogen-bond donors (Lipinski definition) is 1. The van der Waals surface area contributed by atoms with Gasteiger partial charge in [0.2, 0.25) is 17.7 Å². The van der Waals surface area contributed by atoms with Gasteiger partial charge in [-0.15, -0.1) is 0 Å². The van der Waals surface area contributed by atoms with Crippen LogP contribution in [-0.4, -0.2) is 35.2 Å². The molecule has 0 spiro atoms. The number of imide groups is 1. The molecule has 1 unspecified atom stereocenters. The van der Waals surface area contributed by atoms with E-state index in [2.05, 4.69) is 5.32 Å². The van der Waals surface area contributed by atoms with Crippen LogP contribution < -0.4 is 5.32 Å². The molecular formula is C14H12Cl2N2O3. The Balaban J connectivity index is 2.12. The van der Waals surface area contributed by atoms with Crippen LogP contribution in [0.1, 0.15) is 12.5 Å². The first-order valence-corrected chi connectivity index (χ1v) is 6.91. The number of rotatable bonds is 2. The average molecular weight is 327 g/mol. The number of halogens is 2. The lowest BCUT2D eigenvalue weighted by Crippen LogP contribution is -2.58. The molecular weight excluding hydrogens is 315 g/mol. The Morgan fingerprint density at radius 1 is 1.33 bits per heavy atom. The summed E-state index contributed by atoms with van der Waals surface area (Å²) in [5.41, 5.74) is 0.693. The van der Waals surface area contributed by atoms with Crippen molar-refractivity contribution < 1.29 is 14.4 Å². The zero-order valence-electron chi connectivity index (χ0n) is 11.1. The van der Waals surface area contributed by atoms with Crippen molar-refractivity contribution in [2.45, 2.75) is 13.0 Å². The van der Waals surface area contributed by atoms with Gasteiger partial charge in [0.15, 0.2) is 0 Å². The Kier molecular flexibility index (Phi) is 4.65. The highest BCUT2D eigenvalue weighted by atomic mass is 35.5. The maximum atomic E-state index is 12.1. The minimum Gasteiger partial charge on any atom is -0.318 e. The van der Waals surface area contributed by atoms with Crippen molar-refractivity contribution in [1.29, 1.82) is 0 Å². The fourth-order valence-electron chi connectivity index (χ4n) is 1.86. The molecule has 1 aliphatic rings. The van der Waals surface area contributed by atoms with Gasteiger partial charge in [0.25, 0.3) is 0 Å². The Bertz CT molecular complexity index is 643. The monoisotopic (exact) mass is 326 g/mol. The van der Waals surface area contributed by atoms with E-state index in [4.69, 9.17) is 23.2 Å². The second kappa shape index (κ2) is 6.28. The highest BCUT2D eigenvalue weighted by molar-refractivity contribution is 6.42. The number of amides is 3. The van der Waals surface area contributed by atoms with Gasteiger partial charge in [0, 0.05) is 6.08 Å². The van der Waals surface area contributed by atoms with Gasteiger partial charge in [-0.1, -0.05) is 29.3 Å². The van der Waals surface area contributed by atoms with E-state index >= 15 is 0 Å². The molecule has 0 saturated carbocycles. The first-order valence-electron chi connectivity index (χ1n) is 6.16. The van der Waals surface area contributed by atoms with Gasteiger partial charge in [0.05, 0.1) is 10.0 Å². The van der Waals surface area contributed by atoms with Crippen molar-refractivity contribution in [2.24, 2.45) is 0 Å². The fraction of sp³-hybridized carbons (Fsp3) is 0.214. The number of carbonyl (C=O) groups is 3. The predicted octanol–water partition coefficient (Wildman–Crippen LogP) is 1.88. The van der Waals surface area contributed by atoms with Gasteiger partial charge in [-0.2, -0.15) is 0 Å². The molecule has 21 heavy (non-hydrogen) atoms. The minimum atomic E-state index is -0.686. The largest absolute Gasteiger partial charge is 0.318 e. The molecule has 0 radical (unpaired) electrons. The van der Waals surface area contributed by atoms with E-state index < -0.39 is 23.8 Å². The molecule has 1 aromatic carbocycles. The Morgan fingerprint density at radius 2 is 2.05 bits per heavy atom. The number of carbonyl (C=O) groups excluding carboxylic acids is 3. The SMILES string of the molecule is CC1C(=O)NC(=O)CN1C(=O)C=Cc1ccc(Cl)c(Cl)c1. The van der Waals surface area contributed by atoms with Gasteiger partial charge in [-0.05, 0) is 30.7 Å². The van der Waals surface area contributed by atoms with Crippen molar-refractivity contribution in [3.63, 3.8) is 0 Å². The zero-order valence-corrected chi connectivity index (χ0v) is 12.6. The number of nitrogens with one attached hydrogen (secondary N) is 1. The van der Waals surface area contributed by atoms with Crippen molar-refractivity contribution in [2.75, 3.05) is 6.54 Å². The molecule has 1 aliphatic heterocycles. The molecule has 1 saturated heterocycles. The molecule has 1 heterocycles. The van der Waals surface area contributed by atoms with Gasteiger partial charge in [-0.3, -0.25) is 19.7 Å². The van der Waals surface area contributed by atoms with Crippen molar-refractivity contribution >= 4 is 47.0 Å². The topological polar surface area (TPSA) is 66.5 Å². The van der Waals surface area contributed by atoms with Crippen LogP contribution in [0.2, 0.25) is 10.0 Å². The highest BCUT2D eigenvalue weighted by Gasteiger charge is 2.32. The zero-order chi connectivity index (χ0) is 15.6. The van der Waals surface area contributed by atoms with E-state index in [-0.39, 0.29) is 6.54 Å². The summed E-state index contributed by atoms with van der Waals surface area (Å²) in [7, 11) is 0. The molecule has 0 aliphatic carbocycles. The van der Waals surface area contributed by atoms with Crippen LogP contribution in [0.15, 0.2) is 24.3 Å². The summed E-state index contributed by atoms with van der Waals surface area (Å²) in [4.78, 5) is 36.1. The van der Waals surface area contributed by atoms with Crippen LogP contribution in [-0.2, 0) is 14.4 Å². The standard InChI is InChI=1S/C14H12Cl2N2O3/c1-8-14(21)17-12(19)7-18(8)13(20)5-3-9-2-4-10(15)11(16)6-9/h2-6,8H,7H2,1H3,(H,17,19,21). The van der Waals surface area contributed by atoms with E-state index in [1.54, 1.807) is 31.2 Å². The molecule has 1 fully saturated rings. The van der Waals surface area contributed by atoms with E-state index in [1.807, 2.05) is 0 Å². The molecule has 3 amide bonds. The van der Waals surface area contributed by atoms with Crippen LogP contribution >= 0.6 is 23.2 Å². The van der Waals surface area contributed by atoms with E-state index in [0.29, 0.717) is 15.6 Å². The third kappa shape index (κ3) is 3.62. The highest BCUT2D eigenvalue weighted by Crippen LogP contribution is 2.23. The predicted molar refractivity (Wildman–Crippen MR) is 79.8 cm³/mol. The fourth-order valence-corrected chi connectivity index (χ4v) is 2.17. The molecule has 5 nitrogen and oxygen atoms in total. The van der Waals surface area contributed by atoms with E-state index in [0.717, 1.165) is 0 Å². The van der Waals surface area contributed by atoms with Crippen LogP contribution in [0.3, 0.4) is 0 Å². The number of nitrogens with zero attached hydrogens (tertiary/aromatic N) is 1. The smallest absolute Gasteiger partial charge is 0.249 e. The summed E-state index contributed by atoms with van der Waals surface area (Å²) in [5.74, 6) is -1.39. The van der Waals surface area contributed by atoms with Crippen molar-refractivity contribution in [3.8, 4) is 0 Å². The van der Waals surface area contributed by atoms with Crippen LogP contribution in [0.25, 0.3) is 6.08 Å². The van der Waals surface area contributed by atoms with Gasteiger partial charge in [-0.25, -0.2) is 0 Å². The number of benzene rings is 1. The molecule has 0 bridgehead atoms. The average Bonchev–Trinajstić information content (AvgIpc) is 2.43. The first kappa shape index (κ1) is 15.5. The van der Waals surface area contributed by atoms with Gasteiger partial charge >= 0.3 is 0 Å². The Hall–Kier alpha value is -1.85. The van der Waals surface area contributed by atoms with Crippen LogP contribution in [0.4, 0.5) is 0 Å². The third-order valence-corrected chi connectivity index (χ3v) is 3.81. The summed E-state index contributed by atoms with van der Waals surface area (Å²) in [5, 5.41) is 2.98. The van der Waals surface area contributed by atoms with Crippen LogP contribution in [0, 0.1) is 0 Å². The maximum Gasteiger partial charge on any atom is 0.249 e. The van der Waals surface area contributed by atoms with Crippen molar-refractivity contribution in [1.82, 2.24) is 10.2 Å².